The molecular weight excluding hydrogens is 1360 g/mol. The predicted molar refractivity (Wildman–Crippen MR) is 385 cm³/mol. The molecule has 23 N–H and O–H groups in total. The van der Waals surface area contributed by atoms with Gasteiger partial charge in [-0.2, -0.15) is 0 Å². The molecule has 34 heteroatoms. The van der Waals surface area contributed by atoms with Crippen molar-refractivity contribution in [2.45, 2.75) is 205 Å². The van der Waals surface area contributed by atoms with Crippen molar-refractivity contribution in [3.05, 3.63) is 102 Å². The third-order valence-corrected chi connectivity index (χ3v) is 17.5. The molecule has 576 valence electrons. The fraction of sp³-hybridized carbons (Fsp3) is 0.535. The molecule has 1 aliphatic heterocycles. The Hall–Kier alpha value is -10.8. The van der Waals surface area contributed by atoms with Crippen molar-refractivity contribution in [3.63, 3.8) is 0 Å². The van der Waals surface area contributed by atoms with Crippen LogP contribution in [0.3, 0.4) is 0 Å². The van der Waals surface area contributed by atoms with E-state index in [1.807, 2.05) is 30.3 Å². The van der Waals surface area contributed by atoms with E-state index in [1.54, 1.807) is 71.9 Å². The van der Waals surface area contributed by atoms with Gasteiger partial charge in [0.15, 0.2) is 5.96 Å². The number of rotatable bonds is 44. The van der Waals surface area contributed by atoms with Gasteiger partial charge in [-0.25, -0.2) is 0 Å². The molecule has 4 rings (SSSR count). The zero-order valence-corrected chi connectivity index (χ0v) is 60.4. The number of likely N-dealkylation sites (tertiary alicyclic amines) is 1. The predicted octanol–water partition coefficient (Wildman–Crippen LogP) is -2.98. The number of aromatic hydroxyl groups is 1. The first-order chi connectivity index (χ1) is 49.6. The van der Waals surface area contributed by atoms with E-state index in [1.165, 1.54) is 36.1 Å². The van der Waals surface area contributed by atoms with E-state index < -0.39 is 193 Å². The van der Waals surface area contributed by atoms with Crippen molar-refractivity contribution < 1.29 is 82.4 Å². The molecule has 1 heterocycles. The Labute approximate surface area is 609 Å². The van der Waals surface area contributed by atoms with E-state index in [2.05, 4.69) is 58.2 Å². The smallest absolute Gasteiger partial charge is 0.303 e. The molecule has 0 aromatic heterocycles. The number of carbonyl (C=O) groups excluding carboxylic acids is 13. The largest absolute Gasteiger partial charge is 0.508 e. The molecule has 3 aromatic rings. The molecule has 0 saturated carbocycles. The topological polar surface area (TPSA) is 566 Å². The van der Waals surface area contributed by atoms with Gasteiger partial charge in [0.25, 0.3) is 0 Å². The van der Waals surface area contributed by atoms with Gasteiger partial charge in [0.1, 0.15) is 66.2 Å². The fourth-order valence-electron chi connectivity index (χ4n) is 11.4. The highest BCUT2D eigenvalue weighted by Gasteiger charge is 2.42. The highest BCUT2D eigenvalue weighted by Crippen LogP contribution is 2.23. The molecule has 0 unspecified atom stereocenters. The molecule has 0 spiro atoms. The number of hydrogen-bond acceptors (Lipinski definition) is 18. The molecule has 1 aliphatic rings. The average Bonchev–Trinajstić information content (AvgIpc) is 1.76. The van der Waals surface area contributed by atoms with Crippen LogP contribution in [0.2, 0.25) is 0 Å². The lowest BCUT2D eigenvalue weighted by molar-refractivity contribution is -0.143. The summed E-state index contributed by atoms with van der Waals surface area (Å²) in [6, 6.07) is 7.59. The second-order valence-electron chi connectivity index (χ2n) is 26.9. The second-order valence-corrected chi connectivity index (χ2v) is 26.9. The van der Waals surface area contributed by atoms with Crippen LogP contribution >= 0.6 is 0 Å². The minimum atomic E-state index is -1.86. The third-order valence-electron chi connectivity index (χ3n) is 17.5. The summed E-state index contributed by atoms with van der Waals surface area (Å²) >= 11 is 0. The summed E-state index contributed by atoms with van der Waals surface area (Å²) in [5.41, 5.74) is 29.6. The zero-order chi connectivity index (χ0) is 78.2. The third kappa shape index (κ3) is 29.8. The maximum Gasteiger partial charge on any atom is 0.303 e. The summed E-state index contributed by atoms with van der Waals surface area (Å²) in [5, 5.41) is 56.4. The number of carboxylic acid groups (broad SMARTS) is 1. The number of carbonyl (C=O) groups is 14. The van der Waals surface area contributed by atoms with Gasteiger partial charge in [-0.15, -0.1) is 0 Å². The fourth-order valence-corrected chi connectivity index (χ4v) is 11.4. The number of carboxylic acids is 1. The molecule has 3 aromatic carbocycles. The molecule has 1 saturated heterocycles. The lowest BCUT2D eigenvalue weighted by Gasteiger charge is -2.33. The van der Waals surface area contributed by atoms with Crippen molar-refractivity contribution >= 4 is 88.7 Å². The zero-order valence-electron chi connectivity index (χ0n) is 60.4. The maximum absolute atomic E-state index is 14.7. The van der Waals surface area contributed by atoms with Crippen LogP contribution < -0.4 is 81.8 Å². The van der Waals surface area contributed by atoms with Crippen molar-refractivity contribution in [2.75, 3.05) is 19.6 Å². The van der Waals surface area contributed by atoms with E-state index >= 15 is 0 Å². The summed E-state index contributed by atoms with van der Waals surface area (Å²) in [5.74, 6) is -14.7. The van der Waals surface area contributed by atoms with Gasteiger partial charge in [-0.3, -0.25) is 72.1 Å². The van der Waals surface area contributed by atoms with Gasteiger partial charge in [0, 0.05) is 38.8 Å². The van der Waals surface area contributed by atoms with Crippen LogP contribution in [0.25, 0.3) is 0 Å². The monoisotopic (exact) mass is 1470 g/mol. The number of amides is 13. The molecule has 34 nitrogen and oxygen atoms in total. The first-order valence-electron chi connectivity index (χ1n) is 35.0. The van der Waals surface area contributed by atoms with Crippen molar-refractivity contribution in [1.29, 1.82) is 0 Å². The highest BCUT2D eigenvalue weighted by atomic mass is 16.4. The normalized spacial score (nSPS) is 16.0. The second kappa shape index (κ2) is 43.4. The quantitative estimate of drug-likeness (QED) is 0.0153. The number of guanidine groups is 1. The van der Waals surface area contributed by atoms with Crippen molar-refractivity contribution in [2.24, 2.45) is 51.4 Å². The van der Waals surface area contributed by atoms with Crippen LogP contribution in [0.4, 0.5) is 0 Å². The molecule has 0 radical (unpaired) electrons. The molecule has 1 fully saturated rings. The molecule has 13 amide bonds. The summed E-state index contributed by atoms with van der Waals surface area (Å²) in [6.07, 6.45) is -3.03. The average molecular weight is 1470 g/mol. The van der Waals surface area contributed by atoms with E-state index in [0.29, 0.717) is 24.0 Å². The van der Waals surface area contributed by atoms with Gasteiger partial charge in [-0.1, -0.05) is 121 Å². The first kappa shape index (κ1) is 86.6. The molecule has 105 heavy (non-hydrogen) atoms. The van der Waals surface area contributed by atoms with Crippen LogP contribution in [0, 0.1) is 17.8 Å². The molecule has 0 bridgehead atoms. The summed E-state index contributed by atoms with van der Waals surface area (Å²) in [4.78, 5) is 197. The van der Waals surface area contributed by atoms with E-state index in [4.69, 9.17) is 28.7 Å². The Bertz CT molecular complexity index is 3490. The lowest BCUT2D eigenvalue weighted by Crippen LogP contribution is -2.62. The minimum Gasteiger partial charge on any atom is -0.508 e. The van der Waals surface area contributed by atoms with Crippen LogP contribution in [0.15, 0.2) is 89.9 Å². The number of aliphatic imine (C=N–C) groups is 1. The van der Waals surface area contributed by atoms with Gasteiger partial charge < -0.3 is 102 Å². The Balaban J connectivity index is 1.55. The maximum atomic E-state index is 14.7. The lowest BCUT2D eigenvalue weighted by atomic mass is 9.96. The Kier molecular flexibility index (Phi) is 35.8. The minimum absolute atomic E-state index is 0.0284. The number of nitrogens with one attached hydrogen (secondary N) is 10. The standard InChI is InChI=1S/C71H105N17O17/c1-8-40(6)58(86-67(102)53-22-16-32-88(53)70(105)57(39(4)5)85-61(96)46(72)34-42-17-11-9-12-18-42)68(103)84-52(35-43-19-13-10-14-20-43)66(101)87-59(41(7)89)69(104)83-51(36-44-23-25-45(90)26-24-44)62(97)78-37-55(92)79-48(28-30-56(93)94)63(98)82-50(33-38(2)3)65(100)81-49(27-29-54(73)91)64(99)80-47(60(74)95)21-15-31-77-71(75)76/h9-14,17-20,23-26,38-41,46-53,57-59,89-90H,8,15-16,21-22,27-37,72H2,1-7H3,(H2,73,91)(H2,74,95)(H,78,97)(H,79,92)(H,80,99)(H,81,100)(H,82,98)(H,83,104)(H,84,103)(H,85,96)(H,86,102)(H,87,101)(H,93,94)(H4,75,76,77)/t40-,41+,46-,47-,48-,49-,50-,51-,52-,53-,57-,58-,59-/m0/s1. The summed E-state index contributed by atoms with van der Waals surface area (Å²) in [6.45, 7) is 10.8. The highest BCUT2D eigenvalue weighted by molar-refractivity contribution is 6.00. The van der Waals surface area contributed by atoms with Gasteiger partial charge in [0.05, 0.1) is 18.7 Å². The number of phenolic OH excluding ortho intramolecular Hbond substituents is 1. The SMILES string of the molecule is CC[C@H](C)[C@H](NC(=O)[C@@H]1CCCN1C(=O)[C@@H](NC(=O)[C@@H](N)Cc1ccccc1)C(C)C)C(=O)N[C@@H](Cc1ccccc1)C(=O)N[C@H](C(=O)N[C@@H](Cc1ccc(O)cc1)C(=O)NCC(=O)N[C@@H](CCC(=O)O)C(=O)N[C@@H](CC(C)C)C(=O)N[C@@H](CCC(N)=O)C(=O)N[C@@H](CCCN=C(N)N)C(N)=O)[C@@H](C)O. The van der Waals surface area contributed by atoms with Crippen LogP contribution in [0.1, 0.15) is 129 Å². The number of hydrogen-bond donors (Lipinski definition) is 18. The molecule has 0 aliphatic carbocycles. The number of benzene rings is 3. The van der Waals surface area contributed by atoms with Crippen LogP contribution in [-0.4, -0.2) is 201 Å². The molecule has 13 atom stereocenters. The molecular formula is C71H105N17O17. The number of primary amides is 2. The van der Waals surface area contributed by atoms with Gasteiger partial charge in [0.2, 0.25) is 76.8 Å². The van der Waals surface area contributed by atoms with Gasteiger partial charge >= 0.3 is 5.97 Å². The number of aliphatic hydroxyl groups is 1. The first-order valence-corrected chi connectivity index (χ1v) is 35.0. The van der Waals surface area contributed by atoms with Crippen LogP contribution in [-0.2, 0) is 86.4 Å². The van der Waals surface area contributed by atoms with Crippen molar-refractivity contribution in [3.8, 4) is 5.75 Å². The number of aliphatic carboxylic acids is 1. The van der Waals surface area contributed by atoms with E-state index in [9.17, 15) is 82.4 Å². The number of phenols is 1. The number of nitrogens with two attached hydrogens (primary N) is 5. The Morgan fingerprint density at radius 2 is 1.04 bits per heavy atom. The van der Waals surface area contributed by atoms with Crippen molar-refractivity contribution in [1.82, 2.24) is 58.1 Å². The van der Waals surface area contributed by atoms with E-state index in [-0.39, 0.29) is 82.1 Å². The summed E-state index contributed by atoms with van der Waals surface area (Å²) in [7, 11) is 0. The van der Waals surface area contributed by atoms with Crippen LogP contribution in [0.5, 0.6) is 5.75 Å². The number of aliphatic hydroxyl groups excluding tert-OH is 1. The number of nitrogens with zero attached hydrogens (tertiary/aromatic N) is 2. The Morgan fingerprint density at radius 3 is 1.57 bits per heavy atom. The van der Waals surface area contributed by atoms with Gasteiger partial charge in [-0.05, 0) is 105 Å². The van der Waals surface area contributed by atoms with E-state index in [0.717, 1.165) is 5.56 Å². The summed E-state index contributed by atoms with van der Waals surface area (Å²) < 4.78 is 0. The Morgan fingerprint density at radius 1 is 0.543 bits per heavy atom.